The van der Waals surface area contributed by atoms with E-state index < -0.39 is 10.0 Å². The maximum atomic E-state index is 13.4. The lowest BCUT2D eigenvalue weighted by molar-refractivity contribution is 0.0721. The van der Waals surface area contributed by atoms with Crippen molar-refractivity contribution in [2.45, 2.75) is 24.2 Å². The summed E-state index contributed by atoms with van der Waals surface area (Å²) in [5.74, 6) is -0.0785. The molecule has 3 aliphatic heterocycles. The molecule has 1 amide bonds. The third kappa shape index (κ3) is 4.42. The molecule has 8 nitrogen and oxygen atoms in total. The number of carbonyl (C=O) groups excluding carboxylic acids is 1. The second-order valence-corrected chi connectivity index (χ2v) is 9.59. The van der Waals surface area contributed by atoms with Crippen LogP contribution in [-0.2, 0) is 19.5 Å². The van der Waals surface area contributed by atoms with E-state index in [1.165, 1.54) is 4.31 Å². The Morgan fingerprint density at radius 2 is 1.45 bits per heavy atom. The van der Waals surface area contributed by atoms with Gasteiger partial charge in [0.2, 0.25) is 10.0 Å². The molecule has 0 saturated carbocycles. The fourth-order valence-electron chi connectivity index (χ4n) is 4.13. The monoisotopic (exact) mass is 423 g/mol. The predicted octanol–water partition coefficient (Wildman–Crippen LogP) is 1.17. The maximum absolute atomic E-state index is 13.4. The number of hydrogen-bond acceptors (Lipinski definition) is 6. The van der Waals surface area contributed by atoms with Crippen LogP contribution in [-0.4, -0.2) is 89.2 Å². The number of sulfonamides is 1. The van der Waals surface area contributed by atoms with Gasteiger partial charge in [-0.05, 0) is 37.5 Å². The zero-order chi connectivity index (χ0) is 20.3. The minimum atomic E-state index is -3.66. The summed E-state index contributed by atoms with van der Waals surface area (Å²) in [7, 11) is -3.66. The topological polar surface area (TPSA) is 79.4 Å². The fraction of sp³-hybridized carbons (Fsp3) is 0.650. The van der Waals surface area contributed by atoms with Crippen LogP contribution in [0.4, 0.5) is 5.69 Å². The molecule has 1 aromatic carbocycles. The third-order valence-corrected chi connectivity index (χ3v) is 7.70. The van der Waals surface area contributed by atoms with Crippen molar-refractivity contribution in [2.75, 3.05) is 70.6 Å². The second-order valence-electron chi connectivity index (χ2n) is 7.65. The zero-order valence-corrected chi connectivity index (χ0v) is 17.5. The Balaban J connectivity index is 1.70. The van der Waals surface area contributed by atoms with E-state index >= 15 is 0 Å². The molecular weight excluding hydrogens is 394 g/mol. The lowest BCUT2D eigenvalue weighted by Crippen LogP contribution is -2.41. The molecule has 3 fully saturated rings. The van der Waals surface area contributed by atoms with Crippen molar-refractivity contribution in [3.05, 3.63) is 23.8 Å². The van der Waals surface area contributed by atoms with Crippen LogP contribution in [0.25, 0.3) is 0 Å². The number of anilines is 1. The Bertz CT molecular complexity index is 827. The van der Waals surface area contributed by atoms with Crippen molar-refractivity contribution in [3.8, 4) is 0 Å². The number of amides is 1. The molecule has 0 unspecified atom stereocenters. The minimum absolute atomic E-state index is 0.0785. The van der Waals surface area contributed by atoms with Gasteiger partial charge in [-0.15, -0.1) is 0 Å². The van der Waals surface area contributed by atoms with Crippen LogP contribution in [0, 0.1) is 0 Å². The summed E-state index contributed by atoms with van der Waals surface area (Å²) in [5, 5.41) is 0. The van der Waals surface area contributed by atoms with Gasteiger partial charge in [0.1, 0.15) is 0 Å². The highest BCUT2D eigenvalue weighted by atomic mass is 32.2. The zero-order valence-electron chi connectivity index (χ0n) is 16.7. The van der Waals surface area contributed by atoms with Gasteiger partial charge in [0.25, 0.3) is 5.91 Å². The van der Waals surface area contributed by atoms with Gasteiger partial charge in [-0.25, -0.2) is 8.42 Å². The largest absolute Gasteiger partial charge is 0.379 e. The third-order valence-electron chi connectivity index (χ3n) is 5.80. The van der Waals surface area contributed by atoms with Crippen LogP contribution in [0.3, 0.4) is 0 Å². The summed E-state index contributed by atoms with van der Waals surface area (Å²) < 4.78 is 38.4. The standard InChI is InChI=1S/C20H29N3O5S/c24-20(22-6-2-1-3-7-22)18-16-17(29(25,26)23-10-14-28-15-11-23)4-5-19(18)21-8-12-27-13-9-21/h4-5,16H,1-3,6-15H2. The van der Waals surface area contributed by atoms with Crippen LogP contribution >= 0.6 is 0 Å². The number of piperidine rings is 1. The second kappa shape index (κ2) is 8.99. The number of nitrogens with zero attached hydrogens (tertiary/aromatic N) is 3. The van der Waals surface area contributed by atoms with Crippen LogP contribution in [0.15, 0.2) is 23.1 Å². The number of hydrogen-bond donors (Lipinski definition) is 0. The molecule has 4 rings (SSSR count). The number of morpholine rings is 2. The Labute approximate surface area is 172 Å². The van der Waals surface area contributed by atoms with E-state index in [4.69, 9.17) is 9.47 Å². The molecule has 0 radical (unpaired) electrons. The Morgan fingerprint density at radius 3 is 2.10 bits per heavy atom. The van der Waals surface area contributed by atoms with Crippen LogP contribution in [0.1, 0.15) is 29.6 Å². The van der Waals surface area contributed by atoms with Crippen molar-refractivity contribution >= 4 is 21.6 Å². The highest BCUT2D eigenvalue weighted by Crippen LogP contribution is 2.29. The first kappa shape index (κ1) is 20.6. The van der Waals surface area contributed by atoms with E-state index in [9.17, 15) is 13.2 Å². The quantitative estimate of drug-likeness (QED) is 0.723. The lowest BCUT2D eigenvalue weighted by Gasteiger charge is -2.33. The molecular formula is C20H29N3O5S. The molecule has 0 aliphatic carbocycles. The van der Waals surface area contributed by atoms with Crippen LogP contribution in [0.2, 0.25) is 0 Å². The Hall–Kier alpha value is -1.68. The van der Waals surface area contributed by atoms with Gasteiger partial charge in [-0.3, -0.25) is 4.79 Å². The van der Waals surface area contributed by atoms with Crippen molar-refractivity contribution < 1.29 is 22.7 Å². The molecule has 160 valence electrons. The highest BCUT2D eigenvalue weighted by Gasteiger charge is 2.30. The molecule has 9 heteroatoms. The predicted molar refractivity (Wildman–Crippen MR) is 109 cm³/mol. The van der Waals surface area contributed by atoms with Gasteiger partial charge in [-0.2, -0.15) is 4.31 Å². The fourth-order valence-corrected chi connectivity index (χ4v) is 5.57. The molecule has 3 saturated heterocycles. The average molecular weight is 424 g/mol. The summed E-state index contributed by atoms with van der Waals surface area (Å²) in [6, 6.07) is 4.99. The van der Waals surface area contributed by atoms with Crippen LogP contribution < -0.4 is 4.90 Å². The Kier molecular flexibility index (Phi) is 6.38. The normalized spacial score (nSPS) is 21.9. The number of benzene rings is 1. The van der Waals surface area contributed by atoms with E-state index in [0.717, 1.165) is 38.0 Å². The van der Waals surface area contributed by atoms with Crippen LogP contribution in [0.5, 0.6) is 0 Å². The van der Waals surface area contributed by atoms with Crippen molar-refractivity contribution in [3.63, 3.8) is 0 Å². The maximum Gasteiger partial charge on any atom is 0.256 e. The van der Waals surface area contributed by atoms with Gasteiger partial charge < -0.3 is 19.3 Å². The summed E-state index contributed by atoms with van der Waals surface area (Å²) in [4.78, 5) is 17.5. The van der Waals surface area contributed by atoms with Gasteiger partial charge in [0.05, 0.1) is 36.9 Å². The first-order valence-corrected chi connectivity index (χ1v) is 11.9. The molecule has 0 atom stereocenters. The lowest BCUT2D eigenvalue weighted by atomic mass is 10.1. The Morgan fingerprint density at radius 1 is 0.828 bits per heavy atom. The van der Waals surface area contributed by atoms with Gasteiger partial charge in [-0.1, -0.05) is 0 Å². The summed E-state index contributed by atoms with van der Waals surface area (Å²) >= 11 is 0. The first-order valence-electron chi connectivity index (χ1n) is 10.4. The van der Waals surface area contributed by atoms with Gasteiger partial charge >= 0.3 is 0 Å². The van der Waals surface area contributed by atoms with E-state index in [-0.39, 0.29) is 10.8 Å². The number of carbonyl (C=O) groups is 1. The molecule has 3 aliphatic rings. The van der Waals surface area contributed by atoms with Gasteiger partial charge in [0.15, 0.2) is 0 Å². The molecule has 0 aromatic heterocycles. The van der Waals surface area contributed by atoms with Crippen molar-refractivity contribution in [1.29, 1.82) is 0 Å². The number of likely N-dealkylation sites (tertiary alicyclic amines) is 1. The van der Waals surface area contributed by atoms with E-state index in [2.05, 4.69) is 4.90 Å². The number of rotatable bonds is 4. The smallest absolute Gasteiger partial charge is 0.256 e. The highest BCUT2D eigenvalue weighted by molar-refractivity contribution is 7.89. The van der Waals surface area contributed by atoms with E-state index in [1.54, 1.807) is 18.2 Å². The molecule has 0 N–H and O–H groups in total. The first-order chi connectivity index (χ1) is 14.1. The van der Waals surface area contributed by atoms with Gasteiger partial charge in [0, 0.05) is 45.0 Å². The molecule has 29 heavy (non-hydrogen) atoms. The van der Waals surface area contributed by atoms with E-state index in [1.807, 2.05) is 4.90 Å². The average Bonchev–Trinajstić information content (AvgIpc) is 2.80. The molecule has 3 heterocycles. The van der Waals surface area contributed by atoms with E-state index in [0.29, 0.717) is 58.2 Å². The van der Waals surface area contributed by atoms with Crippen molar-refractivity contribution in [2.24, 2.45) is 0 Å². The number of ether oxygens (including phenoxy) is 2. The molecule has 0 bridgehead atoms. The summed E-state index contributed by atoms with van der Waals surface area (Å²) in [6.45, 7) is 5.49. The molecule has 1 aromatic rings. The molecule has 0 spiro atoms. The van der Waals surface area contributed by atoms with Crippen molar-refractivity contribution in [1.82, 2.24) is 9.21 Å². The minimum Gasteiger partial charge on any atom is -0.379 e. The summed E-state index contributed by atoms with van der Waals surface area (Å²) in [6.07, 6.45) is 3.11. The summed E-state index contributed by atoms with van der Waals surface area (Å²) in [5.41, 5.74) is 1.27. The SMILES string of the molecule is O=C(c1cc(S(=O)(=O)N2CCOCC2)ccc1N1CCOCC1)N1CCCCC1.